The van der Waals surface area contributed by atoms with Gasteiger partial charge in [0.15, 0.2) is 0 Å². The van der Waals surface area contributed by atoms with Gasteiger partial charge in [0.25, 0.3) is 0 Å². The molecule has 3 rings (SSSR count). The van der Waals surface area contributed by atoms with Crippen molar-refractivity contribution in [2.45, 2.75) is 12.3 Å². The highest BCUT2D eigenvalue weighted by molar-refractivity contribution is 7.80. The van der Waals surface area contributed by atoms with Crippen molar-refractivity contribution in [1.29, 1.82) is 0 Å². The molecular weight excluding hydrogens is 254 g/mol. The van der Waals surface area contributed by atoms with E-state index in [0.29, 0.717) is 4.99 Å². The lowest BCUT2D eigenvalue weighted by Crippen LogP contribution is -2.50. The first-order valence-corrected chi connectivity index (χ1v) is 7.44. The summed E-state index contributed by atoms with van der Waals surface area (Å²) >= 11 is 4.97. The van der Waals surface area contributed by atoms with Crippen molar-refractivity contribution in [1.82, 2.24) is 9.80 Å². The van der Waals surface area contributed by atoms with Crippen LogP contribution >= 0.6 is 12.2 Å². The van der Waals surface area contributed by atoms with Gasteiger partial charge in [0.1, 0.15) is 0 Å². The van der Waals surface area contributed by atoms with Crippen LogP contribution in [0.1, 0.15) is 17.0 Å². The van der Waals surface area contributed by atoms with E-state index in [1.54, 1.807) is 11.1 Å². The van der Waals surface area contributed by atoms with Gasteiger partial charge >= 0.3 is 0 Å². The Kier molecular flexibility index (Phi) is 3.82. The van der Waals surface area contributed by atoms with Crippen molar-refractivity contribution in [2.24, 2.45) is 5.73 Å². The summed E-state index contributed by atoms with van der Waals surface area (Å²) in [5, 5.41) is 0. The molecule has 3 nitrogen and oxygen atoms in total. The first-order chi connectivity index (χ1) is 9.22. The van der Waals surface area contributed by atoms with Crippen LogP contribution in [0.2, 0.25) is 0 Å². The van der Waals surface area contributed by atoms with Gasteiger partial charge in [-0.15, -0.1) is 0 Å². The Morgan fingerprint density at radius 3 is 2.53 bits per heavy atom. The Bertz CT molecular complexity index is 466. The molecule has 0 spiro atoms. The summed E-state index contributed by atoms with van der Waals surface area (Å²) in [6, 6.07) is 8.84. The van der Waals surface area contributed by atoms with E-state index < -0.39 is 0 Å². The summed E-state index contributed by atoms with van der Waals surface area (Å²) in [6.07, 6.45) is 1.25. The van der Waals surface area contributed by atoms with Crippen LogP contribution in [0, 0.1) is 0 Å². The molecule has 1 aliphatic heterocycles. The van der Waals surface area contributed by atoms with Crippen LogP contribution < -0.4 is 5.73 Å². The van der Waals surface area contributed by atoms with Crippen molar-refractivity contribution in [3.8, 4) is 0 Å². The first-order valence-electron chi connectivity index (χ1n) is 7.03. The molecule has 0 radical (unpaired) electrons. The second-order valence-electron chi connectivity index (χ2n) is 5.64. The summed E-state index contributed by atoms with van der Waals surface area (Å²) in [4.78, 5) is 5.55. The number of hydrogen-bond acceptors (Lipinski definition) is 3. The molecule has 102 valence electrons. The molecule has 2 N–H and O–H groups in total. The molecule has 1 saturated heterocycles. The maximum atomic E-state index is 5.60. The molecule has 0 amide bonds. The smallest absolute Gasteiger partial charge is 0.0870 e. The van der Waals surface area contributed by atoms with Crippen molar-refractivity contribution >= 4 is 17.2 Å². The molecule has 0 bridgehead atoms. The molecule has 1 fully saturated rings. The lowest BCUT2D eigenvalue weighted by molar-refractivity contribution is 0.136. The van der Waals surface area contributed by atoms with E-state index >= 15 is 0 Å². The van der Waals surface area contributed by atoms with Gasteiger partial charge in [-0.3, -0.25) is 4.90 Å². The fourth-order valence-corrected chi connectivity index (χ4v) is 3.37. The van der Waals surface area contributed by atoms with Crippen molar-refractivity contribution in [3.63, 3.8) is 0 Å². The van der Waals surface area contributed by atoms with Gasteiger partial charge in [-0.05, 0) is 17.5 Å². The zero-order valence-corrected chi connectivity index (χ0v) is 12.0. The Hall–Kier alpha value is -0.970. The second kappa shape index (κ2) is 5.57. The Morgan fingerprint density at radius 2 is 1.84 bits per heavy atom. The predicted molar refractivity (Wildman–Crippen MR) is 82.6 cm³/mol. The number of thiocarbonyl (C=S) groups is 1. The third-order valence-corrected chi connectivity index (χ3v) is 4.41. The van der Waals surface area contributed by atoms with E-state index in [9.17, 15) is 0 Å². The number of hydrogen-bond donors (Lipinski definition) is 1. The van der Waals surface area contributed by atoms with Gasteiger partial charge in [0.05, 0.1) is 4.99 Å². The van der Waals surface area contributed by atoms with Crippen LogP contribution in [0.25, 0.3) is 0 Å². The van der Waals surface area contributed by atoms with Crippen LogP contribution in [-0.4, -0.2) is 54.1 Å². The minimum absolute atomic E-state index is 0.612. The van der Waals surface area contributed by atoms with E-state index in [0.717, 1.165) is 38.6 Å². The minimum atomic E-state index is 0.612. The molecule has 4 heteroatoms. The maximum absolute atomic E-state index is 5.60. The third-order valence-electron chi connectivity index (χ3n) is 4.28. The normalized spacial score (nSPS) is 23.7. The van der Waals surface area contributed by atoms with Crippen LogP contribution in [0.4, 0.5) is 0 Å². The molecule has 0 saturated carbocycles. The molecule has 1 heterocycles. The molecule has 1 aliphatic carbocycles. The summed E-state index contributed by atoms with van der Waals surface area (Å²) in [6.45, 7) is 6.44. The number of piperazine rings is 1. The quantitative estimate of drug-likeness (QED) is 0.838. The largest absolute Gasteiger partial charge is 0.392 e. The number of rotatable bonds is 4. The number of nitrogens with two attached hydrogens (primary N) is 1. The topological polar surface area (TPSA) is 32.5 Å². The standard InChI is InChI=1S/C15H21N3S/c16-15(19)11-18-7-5-17(6-8-18)10-13-9-12-3-1-2-4-14(12)13/h1-4,13H,5-11H2,(H2,16,19). The van der Waals surface area contributed by atoms with E-state index in [1.165, 1.54) is 13.0 Å². The minimum Gasteiger partial charge on any atom is -0.392 e. The van der Waals surface area contributed by atoms with Gasteiger partial charge in [-0.25, -0.2) is 0 Å². The summed E-state index contributed by atoms with van der Waals surface area (Å²) in [5.74, 6) is 0.748. The second-order valence-corrected chi connectivity index (χ2v) is 6.17. The van der Waals surface area contributed by atoms with E-state index in [1.807, 2.05) is 0 Å². The Morgan fingerprint density at radius 1 is 1.16 bits per heavy atom. The molecule has 1 aromatic carbocycles. The van der Waals surface area contributed by atoms with E-state index in [-0.39, 0.29) is 0 Å². The van der Waals surface area contributed by atoms with Gasteiger partial charge in [-0.2, -0.15) is 0 Å². The zero-order valence-electron chi connectivity index (χ0n) is 11.2. The average Bonchev–Trinajstić information content (AvgIpc) is 2.37. The average molecular weight is 275 g/mol. The summed E-state index contributed by atoms with van der Waals surface area (Å²) < 4.78 is 0. The van der Waals surface area contributed by atoms with E-state index in [4.69, 9.17) is 18.0 Å². The number of fused-ring (bicyclic) bond motifs is 1. The van der Waals surface area contributed by atoms with E-state index in [2.05, 4.69) is 34.1 Å². The lowest BCUT2D eigenvalue weighted by Gasteiger charge is -2.39. The zero-order chi connectivity index (χ0) is 13.2. The molecule has 1 aromatic rings. The van der Waals surface area contributed by atoms with Crippen molar-refractivity contribution in [2.75, 3.05) is 39.3 Å². The molecule has 2 aliphatic rings. The van der Waals surface area contributed by atoms with Gasteiger partial charge in [0.2, 0.25) is 0 Å². The van der Waals surface area contributed by atoms with Gasteiger partial charge in [-0.1, -0.05) is 36.5 Å². The highest BCUT2D eigenvalue weighted by Crippen LogP contribution is 2.35. The molecule has 0 aromatic heterocycles. The Balaban J connectivity index is 1.48. The van der Waals surface area contributed by atoms with Crippen LogP contribution in [0.3, 0.4) is 0 Å². The fraction of sp³-hybridized carbons (Fsp3) is 0.533. The number of benzene rings is 1. The number of nitrogens with zero attached hydrogens (tertiary/aromatic N) is 2. The molecule has 19 heavy (non-hydrogen) atoms. The fourth-order valence-electron chi connectivity index (χ4n) is 3.19. The first kappa shape index (κ1) is 13.0. The maximum Gasteiger partial charge on any atom is 0.0870 e. The van der Waals surface area contributed by atoms with Crippen molar-refractivity contribution in [3.05, 3.63) is 35.4 Å². The predicted octanol–water partition coefficient (Wildman–Crippen LogP) is 1.23. The third kappa shape index (κ3) is 2.96. The molecule has 1 unspecified atom stereocenters. The SMILES string of the molecule is NC(=S)CN1CCN(CC2Cc3ccccc32)CC1. The molecular formula is C15H21N3S. The van der Waals surface area contributed by atoms with Crippen LogP contribution in [-0.2, 0) is 6.42 Å². The summed E-state index contributed by atoms with van der Waals surface area (Å²) in [5.41, 5.74) is 8.70. The lowest BCUT2D eigenvalue weighted by atomic mass is 9.77. The Labute approximate surface area is 120 Å². The summed E-state index contributed by atoms with van der Waals surface area (Å²) in [7, 11) is 0. The van der Waals surface area contributed by atoms with Gasteiger partial charge < -0.3 is 10.6 Å². The van der Waals surface area contributed by atoms with Crippen molar-refractivity contribution < 1.29 is 0 Å². The highest BCUT2D eigenvalue weighted by atomic mass is 32.1. The highest BCUT2D eigenvalue weighted by Gasteiger charge is 2.28. The van der Waals surface area contributed by atoms with Gasteiger partial charge in [0, 0.05) is 45.2 Å². The monoisotopic (exact) mass is 275 g/mol. The molecule has 1 atom stereocenters. The van der Waals surface area contributed by atoms with Crippen LogP contribution in [0.15, 0.2) is 24.3 Å². The van der Waals surface area contributed by atoms with Crippen LogP contribution in [0.5, 0.6) is 0 Å².